The average Bonchev–Trinajstić information content (AvgIpc) is 3.61. The van der Waals surface area contributed by atoms with E-state index in [9.17, 15) is 9.18 Å². The molecule has 0 atom stereocenters. The minimum atomic E-state index is -0.542. The number of urea groups is 1. The molecule has 4 heterocycles. The summed E-state index contributed by atoms with van der Waals surface area (Å²) < 4.78 is 22.0. The van der Waals surface area contributed by atoms with Gasteiger partial charge in [0, 0.05) is 36.0 Å². The second-order valence-corrected chi connectivity index (χ2v) is 10.5. The van der Waals surface area contributed by atoms with Crippen molar-refractivity contribution in [1.29, 1.82) is 0 Å². The maximum Gasteiger partial charge on any atom is 0.320 e. The molecule has 3 aliphatic carbocycles. The Balaban J connectivity index is 0.872. The van der Waals surface area contributed by atoms with Crippen molar-refractivity contribution in [3.05, 3.63) is 35.9 Å². The minimum absolute atomic E-state index is 0.0679. The normalized spacial score (nSPS) is 24.8. The molecular weight excluding hydrogens is 411 g/mol. The van der Waals surface area contributed by atoms with E-state index in [2.05, 4.69) is 15.1 Å². The lowest BCUT2D eigenvalue weighted by Crippen LogP contribution is -2.69. The highest BCUT2D eigenvalue weighted by atomic mass is 19.1. The first-order valence-electron chi connectivity index (χ1n) is 11.8. The number of hydrogen-bond donors (Lipinski definition) is 0. The van der Waals surface area contributed by atoms with Gasteiger partial charge in [0.05, 0.1) is 19.1 Å². The number of amides is 2. The van der Waals surface area contributed by atoms with Gasteiger partial charge in [-0.15, -0.1) is 0 Å². The molecule has 0 aromatic carbocycles. The lowest BCUT2D eigenvalue weighted by Gasteiger charge is -2.59. The summed E-state index contributed by atoms with van der Waals surface area (Å²) in [6, 6.07) is 4.02. The number of likely N-dealkylation sites (tertiary alicyclic amines) is 2. The van der Waals surface area contributed by atoms with Gasteiger partial charge in [0.15, 0.2) is 11.6 Å². The molecule has 2 aromatic heterocycles. The van der Waals surface area contributed by atoms with E-state index in [1.54, 1.807) is 11.0 Å². The topological polar surface area (TPSA) is 76.4 Å². The molecule has 5 aliphatic rings. The van der Waals surface area contributed by atoms with Crippen LogP contribution in [-0.4, -0.2) is 67.9 Å². The monoisotopic (exact) mass is 438 g/mol. The molecule has 0 bridgehead atoms. The molecule has 168 valence electrons. The summed E-state index contributed by atoms with van der Waals surface area (Å²) in [6.07, 6.45) is 8.47. The van der Waals surface area contributed by atoms with Gasteiger partial charge in [0.2, 0.25) is 0 Å². The lowest BCUT2D eigenvalue weighted by atomic mass is 9.61. The predicted octanol–water partition coefficient (Wildman–Crippen LogP) is 3.09. The average molecular weight is 439 g/mol. The van der Waals surface area contributed by atoms with Crippen LogP contribution in [0.5, 0.6) is 5.75 Å². The van der Waals surface area contributed by atoms with E-state index in [0.29, 0.717) is 31.0 Å². The van der Waals surface area contributed by atoms with Crippen molar-refractivity contribution in [1.82, 2.24) is 29.5 Å². The third-order valence-corrected chi connectivity index (χ3v) is 7.75. The Hall–Kier alpha value is -2.71. The van der Waals surface area contributed by atoms with Gasteiger partial charge >= 0.3 is 6.03 Å². The van der Waals surface area contributed by atoms with Crippen LogP contribution in [0.25, 0.3) is 0 Å². The van der Waals surface area contributed by atoms with E-state index in [4.69, 9.17) is 4.74 Å². The SMILES string of the molecule is O=C(N1CC(Oc2ccc(C3CC3)nc2F)C1)N1CC2(CC(n3cnc(C4CC4)n3)C2)C1. The highest BCUT2D eigenvalue weighted by Crippen LogP contribution is 2.54. The van der Waals surface area contributed by atoms with Crippen molar-refractivity contribution in [3.8, 4) is 5.75 Å². The van der Waals surface area contributed by atoms with Crippen LogP contribution in [0.1, 0.15) is 67.9 Å². The second kappa shape index (κ2) is 6.65. The quantitative estimate of drug-likeness (QED) is 0.671. The van der Waals surface area contributed by atoms with Crippen molar-refractivity contribution in [3.63, 3.8) is 0 Å². The minimum Gasteiger partial charge on any atom is -0.482 e. The van der Waals surface area contributed by atoms with E-state index in [1.165, 1.54) is 12.8 Å². The number of halogens is 1. The molecule has 32 heavy (non-hydrogen) atoms. The summed E-state index contributed by atoms with van der Waals surface area (Å²) in [5.74, 6) is 1.65. The third-order valence-electron chi connectivity index (χ3n) is 7.75. The standard InChI is InChI=1S/C23H27FN6O2/c24-20-19(6-5-18(26-20)14-1-2-14)32-17-9-28(10-17)22(31)29-11-23(12-29)7-16(8-23)30-13-25-21(27-30)15-3-4-15/h5-6,13-17H,1-4,7-12H2. The Morgan fingerprint density at radius 1 is 1.06 bits per heavy atom. The second-order valence-electron chi connectivity index (χ2n) is 10.5. The van der Waals surface area contributed by atoms with Crippen molar-refractivity contribution in [2.75, 3.05) is 26.2 Å². The third kappa shape index (κ3) is 3.16. The fraction of sp³-hybridized carbons (Fsp3) is 0.652. The fourth-order valence-electron chi connectivity index (χ4n) is 5.45. The molecule has 3 saturated carbocycles. The van der Waals surface area contributed by atoms with Crippen LogP contribution >= 0.6 is 0 Å². The number of ether oxygens (including phenoxy) is 1. The van der Waals surface area contributed by atoms with Crippen LogP contribution in [0.3, 0.4) is 0 Å². The zero-order chi connectivity index (χ0) is 21.4. The van der Waals surface area contributed by atoms with E-state index in [-0.39, 0.29) is 23.3 Å². The van der Waals surface area contributed by atoms with Crippen molar-refractivity contribution in [2.24, 2.45) is 5.41 Å². The molecule has 2 amide bonds. The van der Waals surface area contributed by atoms with Gasteiger partial charge in [-0.3, -0.25) is 0 Å². The molecule has 7 rings (SSSR count). The maximum absolute atomic E-state index is 14.2. The summed E-state index contributed by atoms with van der Waals surface area (Å²) in [7, 11) is 0. The van der Waals surface area contributed by atoms with Crippen molar-refractivity contribution in [2.45, 2.75) is 62.5 Å². The number of nitrogens with zero attached hydrogens (tertiary/aromatic N) is 6. The number of pyridine rings is 1. The van der Waals surface area contributed by atoms with Gasteiger partial charge in [-0.05, 0) is 50.7 Å². The molecule has 5 fully saturated rings. The molecule has 2 aromatic rings. The maximum atomic E-state index is 14.2. The first kappa shape index (κ1) is 18.8. The summed E-state index contributed by atoms with van der Waals surface area (Å²) in [5, 5.41) is 4.66. The van der Waals surface area contributed by atoms with Crippen LogP contribution in [0.4, 0.5) is 9.18 Å². The smallest absolute Gasteiger partial charge is 0.320 e. The first-order valence-corrected chi connectivity index (χ1v) is 11.8. The Kier molecular flexibility index (Phi) is 3.91. The predicted molar refractivity (Wildman–Crippen MR) is 112 cm³/mol. The van der Waals surface area contributed by atoms with Crippen LogP contribution in [0.15, 0.2) is 18.5 Å². The van der Waals surface area contributed by atoms with Crippen molar-refractivity contribution < 1.29 is 13.9 Å². The lowest BCUT2D eigenvalue weighted by molar-refractivity contribution is -0.0818. The van der Waals surface area contributed by atoms with Gasteiger partial charge in [-0.1, -0.05) is 0 Å². The largest absolute Gasteiger partial charge is 0.482 e. The van der Waals surface area contributed by atoms with Crippen LogP contribution in [-0.2, 0) is 0 Å². The zero-order valence-corrected chi connectivity index (χ0v) is 18.0. The molecular formula is C23H27FN6O2. The van der Waals surface area contributed by atoms with Crippen LogP contribution in [0, 0.1) is 11.4 Å². The molecule has 0 unspecified atom stereocenters. The first-order chi connectivity index (χ1) is 15.6. The molecule has 2 aliphatic heterocycles. The number of carbonyl (C=O) groups is 1. The van der Waals surface area contributed by atoms with Gasteiger partial charge in [0.1, 0.15) is 12.4 Å². The Morgan fingerprint density at radius 3 is 2.50 bits per heavy atom. The fourth-order valence-corrected chi connectivity index (χ4v) is 5.45. The summed E-state index contributed by atoms with van der Waals surface area (Å²) in [6.45, 7) is 2.63. The molecule has 9 heteroatoms. The zero-order valence-electron chi connectivity index (χ0n) is 18.0. The molecule has 8 nitrogen and oxygen atoms in total. The molecule has 2 saturated heterocycles. The van der Waals surface area contributed by atoms with Crippen LogP contribution < -0.4 is 4.74 Å². The van der Waals surface area contributed by atoms with E-state index in [0.717, 1.165) is 50.3 Å². The molecule has 0 radical (unpaired) electrons. The van der Waals surface area contributed by atoms with E-state index < -0.39 is 5.95 Å². The number of aromatic nitrogens is 4. The van der Waals surface area contributed by atoms with Gasteiger partial charge < -0.3 is 14.5 Å². The number of hydrogen-bond acceptors (Lipinski definition) is 5. The van der Waals surface area contributed by atoms with Gasteiger partial charge in [-0.2, -0.15) is 9.49 Å². The molecule has 0 N–H and O–H groups in total. The van der Waals surface area contributed by atoms with Gasteiger partial charge in [-0.25, -0.2) is 19.4 Å². The summed E-state index contributed by atoms with van der Waals surface area (Å²) in [5.41, 5.74) is 1.07. The van der Waals surface area contributed by atoms with E-state index in [1.807, 2.05) is 22.0 Å². The van der Waals surface area contributed by atoms with Gasteiger partial charge in [0.25, 0.3) is 5.95 Å². The highest BCUT2D eigenvalue weighted by molar-refractivity contribution is 5.76. The summed E-state index contributed by atoms with van der Waals surface area (Å²) in [4.78, 5) is 25.0. The Bertz CT molecular complexity index is 1060. The van der Waals surface area contributed by atoms with E-state index >= 15 is 0 Å². The molecule has 1 spiro atoms. The van der Waals surface area contributed by atoms with Crippen LogP contribution in [0.2, 0.25) is 0 Å². The highest BCUT2D eigenvalue weighted by Gasteiger charge is 2.55. The van der Waals surface area contributed by atoms with Crippen molar-refractivity contribution >= 4 is 6.03 Å². The number of rotatable bonds is 5. The Labute approximate surface area is 185 Å². The Morgan fingerprint density at radius 2 is 1.81 bits per heavy atom. The number of carbonyl (C=O) groups excluding carboxylic acids is 1. The summed E-state index contributed by atoms with van der Waals surface area (Å²) >= 11 is 0.